The Kier molecular flexibility index (Phi) is 4.18. The number of hydrogen-bond donors (Lipinski definition) is 2. The molecule has 0 unspecified atom stereocenters. The van der Waals surface area contributed by atoms with Crippen molar-refractivity contribution in [2.45, 2.75) is 51.5 Å². The summed E-state index contributed by atoms with van der Waals surface area (Å²) in [6.45, 7) is 2.08. The number of carbonyl (C=O) groups is 1. The van der Waals surface area contributed by atoms with Gasteiger partial charge in [0.25, 0.3) is 0 Å². The summed E-state index contributed by atoms with van der Waals surface area (Å²) in [5, 5.41) is 3.76. The van der Waals surface area contributed by atoms with E-state index in [4.69, 9.17) is 5.73 Å². The third-order valence-electron chi connectivity index (χ3n) is 4.21. The van der Waals surface area contributed by atoms with E-state index in [2.05, 4.69) is 17.2 Å². The molecule has 6 heteroatoms. The van der Waals surface area contributed by atoms with Gasteiger partial charge in [0.2, 0.25) is 5.91 Å². The van der Waals surface area contributed by atoms with Crippen molar-refractivity contribution >= 4 is 34.8 Å². The topological polar surface area (TPSA) is 68.0 Å². The zero-order chi connectivity index (χ0) is 12.8. The molecule has 1 heterocycles. The Morgan fingerprint density at radius 1 is 1.58 bits per heavy atom. The lowest BCUT2D eigenvalue weighted by Crippen LogP contribution is -2.27. The summed E-state index contributed by atoms with van der Waals surface area (Å²) in [6, 6.07) is 0.256. The third kappa shape index (κ3) is 2.78. The highest BCUT2D eigenvalue weighted by molar-refractivity contribution is 7.15. The summed E-state index contributed by atoms with van der Waals surface area (Å²) in [6.07, 6.45) is 5.82. The molecule has 4 nitrogen and oxygen atoms in total. The maximum atomic E-state index is 12.1. The quantitative estimate of drug-likeness (QED) is 0.901. The number of halogens is 1. The number of thiazole rings is 1. The van der Waals surface area contributed by atoms with Crippen LogP contribution in [-0.4, -0.2) is 16.9 Å². The van der Waals surface area contributed by atoms with Crippen molar-refractivity contribution in [3.05, 3.63) is 10.6 Å². The number of nitrogens with two attached hydrogens (primary N) is 1. The molecule has 1 atom stereocenters. The first kappa shape index (κ1) is 14.8. The Morgan fingerprint density at radius 2 is 2.32 bits per heavy atom. The summed E-state index contributed by atoms with van der Waals surface area (Å²) in [4.78, 5) is 17.9. The van der Waals surface area contributed by atoms with E-state index in [1.807, 2.05) is 0 Å². The highest BCUT2D eigenvalue weighted by Crippen LogP contribution is 2.49. The fraction of sp³-hybridized carbons (Fsp3) is 0.692. The molecule has 0 saturated heterocycles. The molecule has 19 heavy (non-hydrogen) atoms. The average Bonchev–Trinajstić information content (AvgIpc) is 3.05. The van der Waals surface area contributed by atoms with E-state index in [0.717, 1.165) is 49.4 Å². The van der Waals surface area contributed by atoms with Gasteiger partial charge in [-0.2, -0.15) is 0 Å². The van der Waals surface area contributed by atoms with Crippen molar-refractivity contribution in [2.75, 3.05) is 5.32 Å². The van der Waals surface area contributed by atoms with Gasteiger partial charge in [0.1, 0.15) is 0 Å². The van der Waals surface area contributed by atoms with Crippen LogP contribution in [0.25, 0.3) is 0 Å². The molecule has 0 aliphatic heterocycles. The van der Waals surface area contributed by atoms with Crippen molar-refractivity contribution in [2.24, 2.45) is 11.1 Å². The molecule has 3 N–H and O–H groups in total. The molecular weight excluding hydrogens is 282 g/mol. The van der Waals surface area contributed by atoms with Crippen molar-refractivity contribution in [3.63, 3.8) is 0 Å². The van der Waals surface area contributed by atoms with E-state index in [-0.39, 0.29) is 29.8 Å². The first-order valence-electron chi connectivity index (χ1n) is 6.68. The number of anilines is 1. The summed E-state index contributed by atoms with van der Waals surface area (Å²) < 4.78 is 0. The summed E-state index contributed by atoms with van der Waals surface area (Å²) >= 11 is 1.60. The van der Waals surface area contributed by atoms with Crippen LogP contribution in [0.4, 0.5) is 5.13 Å². The molecule has 1 amide bonds. The zero-order valence-electron chi connectivity index (χ0n) is 11.1. The Bertz CT molecular complexity index is 484. The Hall–Kier alpha value is -0.650. The van der Waals surface area contributed by atoms with Gasteiger partial charge in [0.15, 0.2) is 5.13 Å². The number of nitrogens with one attached hydrogen (secondary N) is 1. The number of aromatic nitrogens is 1. The average molecular weight is 302 g/mol. The molecule has 0 bridgehead atoms. The lowest BCUT2D eigenvalue weighted by Gasteiger charge is -2.15. The number of amides is 1. The first-order valence-corrected chi connectivity index (χ1v) is 7.50. The molecule has 0 aromatic carbocycles. The second-order valence-electron chi connectivity index (χ2n) is 5.48. The minimum Gasteiger partial charge on any atom is -0.327 e. The maximum absolute atomic E-state index is 12.1. The Balaban J connectivity index is 0.00000133. The summed E-state index contributed by atoms with van der Waals surface area (Å²) in [5.74, 6) is 0.153. The molecule has 1 aromatic rings. The highest BCUT2D eigenvalue weighted by Gasteiger charge is 2.48. The van der Waals surface area contributed by atoms with Crippen molar-refractivity contribution in [1.82, 2.24) is 4.98 Å². The molecule has 3 rings (SSSR count). The van der Waals surface area contributed by atoms with Crippen LogP contribution in [0.5, 0.6) is 0 Å². The molecule has 1 fully saturated rings. The largest absolute Gasteiger partial charge is 0.327 e. The number of fused-ring (bicyclic) bond motifs is 1. The molecule has 0 spiro atoms. The lowest BCUT2D eigenvalue weighted by atomic mass is 9.99. The van der Waals surface area contributed by atoms with Crippen LogP contribution in [0.1, 0.15) is 43.2 Å². The number of aryl methyl sites for hydroxylation is 1. The monoisotopic (exact) mass is 301 g/mol. The van der Waals surface area contributed by atoms with Gasteiger partial charge in [0, 0.05) is 16.3 Å². The number of carbonyl (C=O) groups excluding carboxylic acids is 1. The highest BCUT2D eigenvalue weighted by atomic mass is 35.5. The Morgan fingerprint density at radius 3 is 2.95 bits per heavy atom. The predicted molar refractivity (Wildman–Crippen MR) is 80.0 cm³/mol. The van der Waals surface area contributed by atoms with Gasteiger partial charge in [-0.3, -0.25) is 4.79 Å². The second kappa shape index (κ2) is 5.38. The SMILES string of the molecule is CCC1(C(=O)Nc2nc3c(s2)C[C@@H](N)CC3)CC1.Cl. The van der Waals surface area contributed by atoms with Gasteiger partial charge in [-0.05, 0) is 38.5 Å². The smallest absolute Gasteiger partial charge is 0.232 e. The Labute approximate surface area is 123 Å². The van der Waals surface area contributed by atoms with Gasteiger partial charge in [-0.1, -0.05) is 6.92 Å². The molecule has 2 aliphatic rings. The lowest BCUT2D eigenvalue weighted by molar-refractivity contribution is -0.121. The maximum Gasteiger partial charge on any atom is 0.232 e. The fourth-order valence-corrected chi connectivity index (χ4v) is 3.67. The molecule has 1 saturated carbocycles. The minimum atomic E-state index is -0.0947. The summed E-state index contributed by atoms with van der Waals surface area (Å²) in [5.41, 5.74) is 7.00. The fourth-order valence-electron chi connectivity index (χ4n) is 2.58. The zero-order valence-corrected chi connectivity index (χ0v) is 12.7. The molecule has 106 valence electrons. The van der Waals surface area contributed by atoms with E-state index in [9.17, 15) is 4.79 Å². The molecule has 0 radical (unpaired) electrons. The van der Waals surface area contributed by atoms with E-state index in [1.165, 1.54) is 4.88 Å². The number of hydrogen-bond acceptors (Lipinski definition) is 4. The van der Waals surface area contributed by atoms with E-state index in [0.29, 0.717) is 0 Å². The first-order chi connectivity index (χ1) is 8.63. The van der Waals surface area contributed by atoms with Gasteiger partial charge in [0.05, 0.1) is 5.69 Å². The van der Waals surface area contributed by atoms with Crippen molar-refractivity contribution in [3.8, 4) is 0 Å². The van der Waals surface area contributed by atoms with Crippen LogP contribution < -0.4 is 11.1 Å². The van der Waals surface area contributed by atoms with Crippen LogP contribution >= 0.6 is 23.7 Å². The molecule has 2 aliphatic carbocycles. The number of rotatable bonds is 3. The van der Waals surface area contributed by atoms with E-state index >= 15 is 0 Å². The van der Waals surface area contributed by atoms with E-state index < -0.39 is 0 Å². The minimum absolute atomic E-state index is 0. The van der Waals surface area contributed by atoms with Gasteiger partial charge in [-0.25, -0.2) is 4.98 Å². The van der Waals surface area contributed by atoms with Crippen LogP contribution in [-0.2, 0) is 17.6 Å². The predicted octanol–water partition coefficient (Wildman–Crippen LogP) is 2.51. The second-order valence-corrected chi connectivity index (χ2v) is 6.56. The van der Waals surface area contributed by atoms with E-state index in [1.54, 1.807) is 11.3 Å². The van der Waals surface area contributed by atoms with Crippen LogP contribution in [0, 0.1) is 5.41 Å². The number of nitrogens with zero attached hydrogens (tertiary/aromatic N) is 1. The van der Waals surface area contributed by atoms with Gasteiger partial charge < -0.3 is 11.1 Å². The normalized spacial score (nSPS) is 23.2. The van der Waals surface area contributed by atoms with Crippen LogP contribution in [0.2, 0.25) is 0 Å². The van der Waals surface area contributed by atoms with Crippen molar-refractivity contribution in [1.29, 1.82) is 0 Å². The molecule has 1 aromatic heterocycles. The van der Waals surface area contributed by atoms with Gasteiger partial charge >= 0.3 is 0 Å². The van der Waals surface area contributed by atoms with Crippen LogP contribution in [0.15, 0.2) is 0 Å². The van der Waals surface area contributed by atoms with Crippen molar-refractivity contribution < 1.29 is 4.79 Å². The third-order valence-corrected chi connectivity index (χ3v) is 5.25. The molecular formula is C13H20ClN3OS. The van der Waals surface area contributed by atoms with Crippen LogP contribution in [0.3, 0.4) is 0 Å². The standard InChI is InChI=1S/C13H19N3OS.ClH/c1-2-13(5-6-13)11(17)16-12-15-9-4-3-8(14)7-10(9)18-12;/h8H,2-7,14H2,1H3,(H,15,16,17);1H/t8-;/m0./s1. The van der Waals surface area contributed by atoms with Gasteiger partial charge in [-0.15, -0.1) is 23.7 Å². The summed E-state index contributed by atoms with van der Waals surface area (Å²) in [7, 11) is 0.